The van der Waals surface area contributed by atoms with Crippen LogP contribution in [0.4, 0.5) is 15.8 Å². The van der Waals surface area contributed by atoms with Crippen LogP contribution in [0.25, 0.3) is 6.08 Å². The Morgan fingerprint density at radius 1 is 0.897 bits per heavy atom. The van der Waals surface area contributed by atoms with Crippen molar-refractivity contribution in [3.8, 4) is 0 Å². The number of para-hydroxylation sites is 1. The monoisotopic (exact) mass is 406 g/mol. The second-order valence-corrected chi connectivity index (χ2v) is 7.13. The van der Waals surface area contributed by atoms with E-state index >= 15 is 0 Å². The molecule has 3 aromatic rings. The number of anilines is 2. The highest BCUT2D eigenvalue weighted by atomic mass is 32.2. The first-order valence-electron chi connectivity index (χ1n) is 8.91. The van der Waals surface area contributed by atoms with E-state index in [2.05, 4.69) is 10.6 Å². The Morgan fingerprint density at radius 3 is 2.45 bits per heavy atom. The van der Waals surface area contributed by atoms with Crippen molar-refractivity contribution in [3.05, 3.63) is 96.3 Å². The molecular formula is C23H19FN2O2S. The first kappa shape index (κ1) is 20.4. The lowest BCUT2D eigenvalue weighted by molar-refractivity contribution is -0.114. The number of hydrogen-bond acceptors (Lipinski definition) is 3. The summed E-state index contributed by atoms with van der Waals surface area (Å²) in [6.07, 6.45) is 3.21. The second-order valence-electron chi connectivity index (χ2n) is 6.08. The van der Waals surface area contributed by atoms with Gasteiger partial charge in [-0.1, -0.05) is 48.5 Å². The van der Waals surface area contributed by atoms with E-state index in [1.807, 2.05) is 36.4 Å². The Kier molecular flexibility index (Phi) is 7.19. The van der Waals surface area contributed by atoms with Gasteiger partial charge in [0.25, 0.3) is 0 Å². The number of amides is 2. The van der Waals surface area contributed by atoms with Gasteiger partial charge in [0, 0.05) is 16.7 Å². The van der Waals surface area contributed by atoms with Crippen LogP contribution in [0.1, 0.15) is 5.56 Å². The van der Waals surface area contributed by atoms with Crippen molar-refractivity contribution in [2.75, 3.05) is 16.4 Å². The van der Waals surface area contributed by atoms with Gasteiger partial charge in [-0.25, -0.2) is 4.39 Å². The van der Waals surface area contributed by atoms with Crippen LogP contribution in [0.3, 0.4) is 0 Å². The average molecular weight is 406 g/mol. The maximum Gasteiger partial charge on any atom is 0.248 e. The van der Waals surface area contributed by atoms with Crippen molar-refractivity contribution < 1.29 is 14.0 Å². The molecule has 2 N–H and O–H groups in total. The molecule has 0 aliphatic heterocycles. The lowest BCUT2D eigenvalue weighted by atomic mass is 10.2. The summed E-state index contributed by atoms with van der Waals surface area (Å²) in [6.45, 7) is 0. The molecule has 29 heavy (non-hydrogen) atoms. The van der Waals surface area contributed by atoms with E-state index in [0.717, 1.165) is 10.5 Å². The fraction of sp³-hybridized carbons (Fsp3) is 0.0435. The predicted molar refractivity (Wildman–Crippen MR) is 116 cm³/mol. The largest absolute Gasteiger partial charge is 0.323 e. The number of carbonyl (C=O) groups is 2. The Hall–Kier alpha value is -3.38. The third-order valence-corrected chi connectivity index (χ3v) is 4.84. The number of carbonyl (C=O) groups excluding carboxylic acids is 2. The van der Waals surface area contributed by atoms with Crippen molar-refractivity contribution in [2.45, 2.75) is 4.90 Å². The lowest BCUT2D eigenvalue weighted by Crippen LogP contribution is -2.15. The molecule has 0 saturated heterocycles. The van der Waals surface area contributed by atoms with Crippen molar-refractivity contribution in [2.24, 2.45) is 0 Å². The summed E-state index contributed by atoms with van der Waals surface area (Å²) >= 11 is 1.30. The lowest BCUT2D eigenvalue weighted by Gasteiger charge is -2.07. The zero-order valence-electron chi connectivity index (χ0n) is 15.5. The maximum absolute atomic E-state index is 13.6. The highest BCUT2D eigenvalue weighted by molar-refractivity contribution is 8.00. The summed E-state index contributed by atoms with van der Waals surface area (Å²) in [5, 5.41) is 5.34. The van der Waals surface area contributed by atoms with Gasteiger partial charge in [-0.3, -0.25) is 9.59 Å². The van der Waals surface area contributed by atoms with Crippen LogP contribution in [0.5, 0.6) is 0 Å². The van der Waals surface area contributed by atoms with Crippen molar-refractivity contribution in [1.82, 2.24) is 0 Å². The highest BCUT2D eigenvalue weighted by Crippen LogP contribution is 2.22. The number of halogens is 1. The molecule has 0 atom stereocenters. The van der Waals surface area contributed by atoms with Gasteiger partial charge in [-0.05, 0) is 42.0 Å². The molecule has 0 bridgehead atoms. The first-order valence-corrected chi connectivity index (χ1v) is 9.90. The van der Waals surface area contributed by atoms with Crippen molar-refractivity contribution >= 4 is 41.0 Å². The Morgan fingerprint density at radius 2 is 1.66 bits per heavy atom. The summed E-state index contributed by atoms with van der Waals surface area (Å²) in [7, 11) is 0. The topological polar surface area (TPSA) is 58.2 Å². The summed E-state index contributed by atoms with van der Waals surface area (Å²) in [5.41, 5.74) is 1.73. The smallest absolute Gasteiger partial charge is 0.248 e. The zero-order valence-corrected chi connectivity index (χ0v) is 16.3. The molecule has 0 fully saturated rings. The number of benzene rings is 3. The Labute approximate surface area is 172 Å². The summed E-state index contributed by atoms with van der Waals surface area (Å²) in [6, 6.07) is 22.8. The van der Waals surface area contributed by atoms with E-state index in [-0.39, 0.29) is 23.3 Å². The summed E-state index contributed by atoms with van der Waals surface area (Å²) in [4.78, 5) is 25.0. The quantitative estimate of drug-likeness (QED) is 0.418. The van der Waals surface area contributed by atoms with E-state index in [1.165, 1.54) is 30.0 Å². The normalized spacial score (nSPS) is 10.7. The van der Waals surface area contributed by atoms with Crippen LogP contribution in [-0.2, 0) is 9.59 Å². The molecule has 0 aliphatic rings. The minimum absolute atomic E-state index is 0.125. The highest BCUT2D eigenvalue weighted by Gasteiger charge is 2.07. The second kappa shape index (κ2) is 10.2. The standard InChI is InChI=1S/C23H19FN2O2S/c24-20-11-4-5-12-21(20)26-23(28)16-29-19-10-6-9-18(15-19)25-22(27)14-13-17-7-2-1-3-8-17/h1-15H,16H2,(H,25,27)(H,26,28)/b14-13+. The van der Waals surface area contributed by atoms with Crippen LogP contribution in [0.2, 0.25) is 0 Å². The van der Waals surface area contributed by atoms with Gasteiger partial charge >= 0.3 is 0 Å². The molecule has 0 spiro atoms. The van der Waals surface area contributed by atoms with Gasteiger partial charge in [0.15, 0.2) is 0 Å². The fourth-order valence-electron chi connectivity index (χ4n) is 2.48. The van der Waals surface area contributed by atoms with Gasteiger partial charge in [-0.15, -0.1) is 11.8 Å². The van der Waals surface area contributed by atoms with Gasteiger partial charge in [-0.2, -0.15) is 0 Å². The molecule has 0 heterocycles. The molecule has 0 saturated carbocycles. The van der Waals surface area contributed by atoms with E-state index in [9.17, 15) is 14.0 Å². The van der Waals surface area contributed by atoms with Crippen molar-refractivity contribution in [1.29, 1.82) is 0 Å². The number of hydrogen-bond donors (Lipinski definition) is 2. The van der Waals surface area contributed by atoms with E-state index in [0.29, 0.717) is 5.69 Å². The van der Waals surface area contributed by atoms with Crippen LogP contribution in [-0.4, -0.2) is 17.6 Å². The minimum atomic E-state index is -0.473. The van der Waals surface area contributed by atoms with E-state index < -0.39 is 5.82 Å². The molecule has 0 unspecified atom stereocenters. The summed E-state index contributed by atoms with van der Waals surface area (Å²) in [5.74, 6) is -0.896. The van der Waals surface area contributed by atoms with Crippen LogP contribution < -0.4 is 10.6 Å². The third kappa shape index (κ3) is 6.62. The Balaban J connectivity index is 1.52. The first-order chi connectivity index (χ1) is 14.1. The molecular weight excluding hydrogens is 387 g/mol. The number of thioether (sulfide) groups is 1. The molecule has 0 aromatic heterocycles. The Bertz CT molecular complexity index is 1020. The average Bonchev–Trinajstić information content (AvgIpc) is 2.73. The van der Waals surface area contributed by atoms with Gasteiger partial charge < -0.3 is 10.6 Å². The number of nitrogens with one attached hydrogen (secondary N) is 2. The fourth-order valence-corrected chi connectivity index (χ4v) is 3.24. The van der Waals surface area contributed by atoms with Crippen LogP contribution in [0, 0.1) is 5.82 Å². The van der Waals surface area contributed by atoms with E-state index in [1.54, 1.807) is 36.4 Å². The van der Waals surface area contributed by atoms with Crippen LogP contribution >= 0.6 is 11.8 Å². The molecule has 2 amide bonds. The van der Waals surface area contributed by atoms with Crippen molar-refractivity contribution in [3.63, 3.8) is 0 Å². The van der Waals surface area contributed by atoms with E-state index in [4.69, 9.17) is 0 Å². The SMILES string of the molecule is O=C(/C=C/c1ccccc1)Nc1cccc(SCC(=O)Nc2ccccc2F)c1. The molecule has 3 rings (SSSR count). The maximum atomic E-state index is 13.6. The molecule has 6 heteroatoms. The molecule has 3 aromatic carbocycles. The predicted octanol–water partition coefficient (Wildman–Crippen LogP) is 5.21. The number of rotatable bonds is 7. The molecule has 0 aliphatic carbocycles. The van der Waals surface area contributed by atoms with Crippen LogP contribution in [0.15, 0.2) is 89.8 Å². The summed E-state index contributed by atoms with van der Waals surface area (Å²) < 4.78 is 13.6. The molecule has 146 valence electrons. The minimum Gasteiger partial charge on any atom is -0.323 e. The molecule has 4 nitrogen and oxygen atoms in total. The van der Waals surface area contributed by atoms with Gasteiger partial charge in [0.1, 0.15) is 5.82 Å². The third-order valence-electron chi connectivity index (χ3n) is 3.85. The van der Waals surface area contributed by atoms with Gasteiger partial charge in [0.2, 0.25) is 11.8 Å². The zero-order chi connectivity index (χ0) is 20.5. The van der Waals surface area contributed by atoms with Gasteiger partial charge in [0.05, 0.1) is 11.4 Å². The molecule has 0 radical (unpaired) electrons.